The fourth-order valence-electron chi connectivity index (χ4n) is 2.26. The average molecular weight is 288 g/mol. The SMILES string of the molecule is CCC(CNC(=O)N1CC(C)OC(CO)C1)CC(=O)O. The highest BCUT2D eigenvalue weighted by atomic mass is 16.5. The van der Waals surface area contributed by atoms with E-state index in [-0.39, 0.29) is 37.2 Å². The molecule has 3 unspecified atom stereocenters. The Balaban J connectivity index is 2.43. The van der Waals surface area contributed by atoms with Gasteiger partial charge in [0.05, 0.1) is 25.4 Å². The number of aliphatic hydroxyl groups excluding tert-OH is 1. The summed E-state index contributed by atoms with van der Waals surface area (Å²) in [5.41, 5.74) is 0. The minimum atomic E-state index is -0.855. The number of amides is 2. The van der Waals surface area contributed by atoms with Gasteiger partial charge < -0.3 is 25.2 Å². The lowest BCUT2D eigenvalue weighted by Gasteiger charge is -2.36. The predicted octanol–water partition coefficient (Wildman–Crippen LogP) is 0.279. The minimum Gasteiger partial charge on any atom is -0.481 e. The molecule has 1 saturated heterocycles. The second-order valence-corrected chi connectivity index (χ2v) is 5.21. The first-order chi connectivity index (χ1) is 9.46. The fourth-order valence-corrected chi connectivity index (χ4v) is 2.26. The molecule has 7 heteroatoms. The number of carboxylic acids is 1. The summed E-state index contributed by atoms with van der Waals surface area (Å²) in [5, 5.41) is 20.6. The number of morpholine rings is 1. The van der Waals surface area contributed by atoms with Crippen molar-refractivity contribution in [3.8, 4) is 0 Å². The number of rotatable bonds is 6. The van der Waals surface area contributed by atoms with Crippen LogP contribution in [0.15, 0.2) is 0 Å². The van der Waals surface area contributed by atoms with Gasteiger partial charge in [-0.1, -0.05) is 13.3 Å². The monoisotopic (exact) mass is 288 g/mol. The summed E-state index contributed by atoms with van der Waals surface area (Å²) in [4.78, 5) is 24.3. The Hall–Kier alpha value is -1.34. The van der Waals surface area contributed by atoms with E-state index in [1.807, 2.05) is 13.8 Å². The molecule has 1 heterocycles. The van der Waals surface area contributed by atoms with Crippen molar-refractivity contribution in [2.75, 3.05) is 26.2 Å². The van der Waals surface area contributed by atoms with Gasteiger partial charge >= 0.3 is 12.0 Å². The highest BCUT2D eigenvalue weighted by Crippen LogP contribution is 2.12. The number of hydrogen-bond donors (Lipinski definition) is 3. The summed E-state index contributed by atoms with van der Waals surface area (Å²) in [7, 11) is 0. The topological polar surface area (TPSA) is 99.1 Å². The Morgan fingerprint density at radius 3 is 2.70 bits per heavy atom. The second kappa shape index (κ2) is 8.06. The molecule has 3 atom stereocenters. The number of nitrogens with one attached hydrogen (secondary N) is 1. The van der Waals surface area contributed by atoms with E-state index in [0.29, 0.717) is 26.1 Å². The summed E-state index contributed by atoms with van der Waals surface area (Å²) in [6, 6.07) is -0.234. The molecule has 7 nitrogen and oxygen atoms in total. The van der Waals surface area contributed by atoms with E-state index >= 15 is 0 Å². The van der Waals surface area contributed by atoms with Crippen molar-refractivity contribution in [2.24, 2.45) is 5.92 Å². The summed E-state index contributed by atoms with van der Waals surface area (Å²) < 4.78 is 5.47. The first-order valence-electron chi connectivity index (χ1n) is 6.97. The van der Waals surface area contributed by atoms with Crippen molar-refractivity contribution in [2.45, 2.75) is 38.9 Å². The quantitative estimate of drug-likeness (QED) is 0.652. The number of aliphatic carboxylic acids is 1. The van der Waals surface area contributed by atoms with Gasteiger partial charge in [-0.2, -0.15) is 0 Å². The lowest BCUT2D eigenvalue weighted by Crippen LogP contribution is -2.53. The molecule has 0 radical (unpaired) electrons. The fraction of sp³-hybridized carbons (Fsp3) is 0.846. The molecule has 0 aromatic carbocycles. The van der Waals surface area contributed by atoms with Crippen molar-refractivity contribution < 1.29 is 24.5 Å². The molecule has 1 aliphatic heterocycles. The van der Waals surface area contributed by atoms with Crippen LogP contribution in [0, 0.1) is 5.92 Å². The molecule has 3 N–H and O–H groups in total. The smallest absolute Gasteiger partial charge is 0.317 e. The Morgan fingerprint density at radius 2 is 2.15 bits per heavy atom. The molecule has 0 spiro atoms. The van der Waals surface area contributed by atoms with Gasteiger partial charge in [0.15, 0.2) is 0 Å². The number of aliphatic hydroxyl groups is 1. The molecular formula is C13H24N2O5. The molecule has 1 rings (SSSR count). The third-order valence-corrected chi connectivity index (χ3v) is 3.40. The maximum atomic E-state index is 12.0. The number of carboxylic acid groups (broad SMARTS) is 1. The van der Waals surface area contributed by atoms with E-state index in [1.54, 1.807) is 4.90 Å². The molecular weight excluding hydrogens is 264 g/mol. The number of hydrogen-bond acceptors (Lipinski definition) is 4. The van der Waals surface area contributed by atoms with Crippen molar-refractivity contribution >= 4 is 12.0 Å². The first kappa shape index (κ1) is 16.7. The van der Waals surface area contributed by atoms with Crippen LogP contribution in [0.4, 0.5) is 4.79 Å². The van der Waals surface area contributed by atoms with E-state index in [4.69, 9.17) is 14.9 Å². The van der Waals surface area contributed by atoms with E-state index in [2.05, 4.69) is 5.32 Å². The van der Waals surface area contributed by atoms with Crippen molar-refractivity contribution in [1.29, 1.82) is 0 Å². The Kier molecular flexibility index (Phi) is 6.74. The van der Waals surface area contributed by atoms with Crippen LogP contribution in [-0.2, 0) is 9.53 Å². The van der Waals surface area contributed by atoms with Crippen LogP contribution in [0.25, 0.3) is 0 Å². The van der Waals surface area contributed by atoms with Gasteiger partial charge in [-0.15, -0.1) is 0 Å². The highest BCUT2D eigenvalue weighted by Gasteiger charge is 2.28. The molecule has 2 amide bonds. The van der Waals surface area contributed by atoms with Gasteiger partial charge in [0.2, 0.25) is 0 Å². The molecule has 0 saturated carbocycles. The van der Waals surface area contributed by atoms with E-state index < -0.39 is 5.97 Å². The largest absolute Gasteiger partial charge is 0.481 e. The first-order valence-corrected chi connectivity index (χ1v) is 6.97. The van der Waals surface area contributed by atoms with Crippen LogP contribution in [0.2, 0.25) is 0 Å². The van der Waals surface area contributed by atoms with Crippen LogP contribution in [0.1, 0.15) is 26.7 Å². The maximum absolute atomic E-state index is 12.0. The lowest BCUT2D eigenvalue weighted by atomic mass is 10.0. The minimum absolute atomic E-state index is 0.0511. The summed E-state index contributed by atoms with van der Waals surface area (Å²) in [6.45, 7) is 4.79. The number of carbonyl (C=O) groups excluding carboxylic acids is 1. The van der Waals surface area contributed by atoms with Crippen molar-refractivity contribution in [3.63, 3.8) is 0 Å². The van der Waals surface area contributed by atoms with E-state index in [1.165, 1.54) is 0 Å². The van der Waals surface area contributed by atoms with Crippen LogP contribution in [0.3, 0.4) is 0 Å². The number of urea groups is 1. The standard InChI is InChI=1S/C13H24N2O5/c1-3-10(4-12(17)18)5-14-13(19)15-6-9(2)20-11(7-15)8-16/h9-11,16H,3-8H2,1-2H3,(H,14,19)(H,17,18). The third kappa shape index (κ3) is 5.34. The van der Waals surface area contributed by atoms with Gasteiger partial charge in [-0.05, 0) is 12.8 Å². The molecule has 20 heavy (non-hydrogen) atoms. The molecule has 116 valence electrons. The number of nitrogens with zero attached hydrogens (tertiary/aromatic N) is 1. The predicted molar refractivity (Wildman–Crippen MR) is 72.4 cm³/mol. The van der Waals surface area contributed by atoms with Gasteiger partial charge in [0.1, 0.15) is 0 Å². The normalized spacial score (nSPS) is 24.2. The third-order valence-electron chi connectivity index (χ3n) is 3.40. The molecule has 0 aliphatic carbocycles. The molecule has 0 bridgehead atoms. The lowest BCUT2D eigenvalue weighted by molar-refractivity contribution is -0.138. The number of ether oxygens (including phenoxy) is 1. The Bertz CT molecular complexity index is 337. The maximum Gasteiger partial charge on any atom is 0.317 e. The Morgan fingerprint density at radius 1 is 1.45 bits per heavy atom. The van der Waals surface area contributed by atoms with Crippen LogP contribution in [-0.4, -0.2) is 65.6 Å². The zero-order chi connectivity index (χ0) is 15.1. The zero-order valence-corrected chi connectivity index (χ0v) is 12.0. The zero-order valence-electron chi connectivity index (χ0n) is 12.0. The van der Waals surface area contributed by atoms with Gasteiger partial charge in [0.25, 0.3) is 0 Å². The second-order valence-electron chi connectivity index (χ2n) is 5.21. The summed E-state index contributed by atoms with van der Waals surface area (Å²) >= 11 is 0. The van der Waals surface area contributed by atoms with Crippen LogP contribution in [0.5, 0.6) is 0 Å². The molecule has 0 aromatic heterocycles. The Labute approximate surface area is 118 Å². The summed E-state index contributed by atoms with van der Waals surface area (Å²) in [6.07, 6.45) is 0.277. The van der Waals surface area contributed by atoms with Crippen molar-refractivity contribution in [1.82, 2.24) is 10.2 Å². The molecule has 0 aromatic rings. The van der Waals surface area contributed by atoms with Gasteiger partial charge in [0, 0.05) is 19.5 Å². The van der Waals surface area contributed by atoms with Gasteiger partial charge in [-0.25, -0.2) is 4.79 Å². The summed E-state index contributed by atoms with van der Waals surface area (Å²) in [5.74, 6) is -0.921. The van der Waals surface area contributed by atoms with Crippen LogP contribution < -0.4 is 5.32 Å². The molecule has 1 aliphatic rings. The highest BCUT2D eigenvalue weighted by molar-refractivity contribution is 5.74. The van der Waals surface area contributed by atoms with E-state index in [9.17, 15) is 9.59 Å². The van der Waals surface area contributed by atoms with Gasteiger partial charge in [-0.3, -0.25) is 4.79 Å². The average Bonchev–Trinajstić information content (AvgIpc) is 2.41. The van der Waals surface area contributed by atoms with E-state index in [0.717, 1.165) is 0 Å². The molecule has 1 fully saturated rings. The van der Waals surface area contributed by atoms with Crippen molar-refractivity contribution in [3.05, 3.63) is 0 Å². The van der Waals surface area contributed by atoms with Crippen LogP contribution >= 0.6 is 0 Å². The number of carbonyl (C=O) groups is 2.